The number of nitrogens with zero attached hydrogens (tertiary/aromatic N) is 1. The summed E-state index contributed by atoms with van der Waals surface area (Å²) in [4.78, 5) is 14.4. The van der Waals surface area contributed by atoms with Gasteiger partial charge in [0.1, 0.15) is 4.62 Å². The van der Waals surface area contributed by atoms with Gasteiger partial charge in [0.2, 0.25) is 0 Å². The standard InChI is InChI=1S/C4H4BrNO3.K/c5-3-1-2(4(7)8)9-6-3;/h2H,1H2,(H,7,8);/q;+1/p-1. The predicted octanol–water partition coefficient (Wildman–Crippen LogP) is -3.76. The second-order valence-electron chi connectivity index (χ2n) is 1.58. The van der Waals surface area contributed by atoms with Gasteiger partial charge in [-0.15, -0.1) is 0 Å². The summed E-state index contributed by atoms with van der Waals surface area (Å²) < 4.78 is 0.511. The molecule has 1 unspecified atom stereocenters. The van der Waals surface area contributed by atoms with Crippen molar-refractivity contribution in [3.05, 3.63) is 0 Å². The molecule has 1 aliphatic heterocycles. The van der Waals surface area contributed by atoms with Crippen LogP contribution in [0.2, 0.25) is 0 Å². The molecule has 0 amide bonds. The van der Waals surface area contributed by atoms with Gasteiger partial charge in [-0.2, -0.15) is 0 Å². The van der Waals surface area contributed by atoms with E-state index in [0.717, 1.165) is 0 Å². The van der Waals surface area contributed by atoms with Gasteiger partial charge in [0, 0.05) is 6.42 Å². The number of carbonyl (C=O) groups excluding carboxylic acids is 1. The second kappa shape index (κ2) is 4.84. The Kier molecular flexibility index (Phi) is 5.35. The smallest absolute Gasteiger partial charge is 0.546 e. The van der Waals surface area contributed by atoms with Crippen LogP contribution in [0.25, 0.3) is 0 Å². The van der Waals surface area contributed by atoms with Crippen molar-refractivity contribution in [2.75, 3.05) is 0 Å². The van der Waals surface area contributed by atoms with Gasteiger partial charge < -0.3 is 14.7 Å². The van der Waals surface area contributed by atoms with Gasteiger partial charge in [-0.3, -0.25) is 0 Å². The number of carboxylic acid groups (broad SMARTS) is 1. The minimum Gasteiger partial charge on any atom is -0.546 e. The van der Waals surface area contributed by atoms with Crippen LogP contribution >= 0.6 is 15.9 Å². The predicted molar refractivity (Wildman–Crippen MR) is 30.9 cm³/mol. The Labute approximate surface area is 109 Å². The van der Waals surface area contributed by atoms with Crippen LogP contribution in [0.5, 0.6) is 0 Å². The zero-order chi connectivity index (χ0) is 6.85. The first-order valence-corrected chi connectivity index (χ1v) is 3.08. The molecule has 0 bridgehead atoms. The van der Waals surface area contributed by atoms with Crippen molar-refractivity contribution in [3.8, 4) is 0 Å². The third-order valence-corrected chi connectivity index (χ3v) is 1.36. The summed E-state index contributed by atoms with van der Waals surface area (Å²) in [5.41, 5.74) is 0. The molecular weight excluding hydrogens is 229 g/mol. The van der Waals surface area contributed by atoms with Crippen LogP contribution in [0.4, 0.5) is 0 Å². The number of aliphatic carboxylic acids is 1. The molecular formula is C4H3BrKNO3. The molecule has 0 N–H and O–H groups in total. The molecule has 10 heavy (non-hydrogen) atoms. The van der Waals surface area contributed by atoms with Crippen LogP contribution in [0.1, 0.15) is 6.42 Å². The van der Waals surface area contributed by atoms with Crippen molar-refractivity contribution in [2.24, 2.45) is 5.16 Å². The maximum absolute atomic E-state index is 10.0. The fourth-order valence-electron chi connectivity index (χ4n) is 0.475. The average molecular weight is 232 g/mol. The SMILES string of the molecule is O=C([O-])C1CC(Br)=NO1.[K+]. The van der Waals surface area contributed by atoms with Gasteiger partial charge in [0.15, 0.2) is 6.10 Å². The van der Waals surface area contributed by atoms with Gasteiger partial charge in [0.05, 0.1) is 5.97 Å². The number of hydrogen-bond acceptors (Lipinski definition) is 4. The topological polar surface area (TPSA) is 61.7 Å². The summed E-state index contributed by atoms with van der Waals surface area (Å²) in [5.74, 6) is -1.23. The third kappa shape index (κ3) is 2.97. The number of halogens is 1. The molecule has 6 heteroatoms. The number of rotatable bonds is 1. The number of carbonyl (C=O) groups is 1. The largest absolute Gasteiger partial charge is 1.00 e. The number of carboxylic acids is 1. The first-order valence-electron chi connectivity index (χ1n) is 2.29. The van der Waals surface area contributed by atoms with E-state index in [-0.39, 0.29) is 57.8 Å². The second-order valence-corrected chi connectivity index (χ2v) is 2.50. The Hall–Kier alpha value is 1.06. The summed E-state index contributed by atoms with van der Waals surface area (Å²) >= 11 is 2.98. The Balaban J connectivity index is 0.000000810. The molecule has 1 rings (SSSR count). The van der Waals surface area contributed by atoms with E-state index in [9.17, 15) is 9.90 Å². The molecule has 0 aliphatic carbocycles. The summed E-state index contributed by atoms with van der Waals surface area (Å²) in [6, 6.07) is 0. The zero-order valence-corrected chi connectivity index (χ0v) is 10.0. The molecule has 0 aromatic carbocycles. The van der Waals surface area contributed by atoms with Crippen molar-refractivity contribution < 1.29 is 66.1 Å². The summed E-state index contributed by atoms with van der Waals surface area (Å²) in [5, 5.41) is 13.4. The Morgan fingerprint density at radius 2 is 2.50 bits per heavy atom. The maximum Gasteiger partial charge on any atom is 1.00 e. The molecule has 0 aromatic heterocycles. The van der Waals surface area contributed by atoms with E-state index in [1.54, 1.807) is 0 Å². The van der Waals surface area contributed by atoms with Gasteiger partial charge in [-0.25, -0.2) is 0 Å². The van der Waals surface area contributed by atoms with E-state index in [1.807, 2.05) is 0 Å². The van der Waals surface area contributed by atoms with Crippen molar-refractivity contribution in [1.29, 1.82) is 0 Å². The van der Waals surface area contributed by atoms with Gasteiger partial charge in [-0.05, 0) is 15.9 Å². The summed E-state index contributed by atoms with van der Waals surface area (Å²) in [7, 11) is 0. The molecule has 0 aromatic rings. The molecule has 1 heterocycles. The van der Waals surface area contributed by atoms with Crippen LogP contribution in [0.15, 0.2) is 5.16 Å². The number of oxime groups is 1. The molecule has 50 valence electrons. The molecule has 0 saturated heterocycles. The van der Waals surface area contributed by atoms with Crippen LogP contribution in [0.3, 0.4) is 0 Å². The maximum atomic E-state index is 10.0. The van der Waals surface area contributed by atoms with Crippen LogP contribution in [0, 0.1) is 0 Å². The Morgan fingerprint density at radius 3 is 2.70 bits per heavy atom. The van der Waals surface area contributed by atoms with E-state index < -0.39 is 12.1 Å². The molecule has 0 spiro atoms. The molecule has 4 nitrogen and oxygen atoms in total. The van der Waals surface area contributed by atoms with Gasteiger partial charge in [-0.1, -0.05) is 5.16 Å². The minimum absolute atomic E-state index is 0. The van der Waals surface area contributed by atoms with Crippen LogP contribution in [-0.4, -0.2) is 16.7 Å². The van der Waals surface area contributed by atoms with Crippen molar-refractivity contribution >= 4 is 26.5 Å². The van der Waals surface area contributed by atoms with E-state index in [1.165, 1.54) is 0 Å². The first-order chi connectivity index (χ1) is 4.20. The van der Waals surface area contributed by atoms with E-state index >= 15 is 0 Å². The van der Waals surface area contributed by atoms with Gasteiger partial charge in [0.25, 0.3) is 0 Å². The minimum atomic E-state index is -1.23. The van der Waals surface area contributed by atoms with Crippen molar-refractivity contribution in [3.63, 3.8) is 0 Å². The van der Waals surface area contributed by atoms with E-state index in [0.29, 0.717) is 4.62 Å². The fraction of sp³-hybridized carbons (Fsp3) is 0.500. The average Bonchev–Trinajstić information content (AvgIpc) is 2.14. The quantitative estimate of drug-likeness (QED) is 0.436. The van der Waals surface area contributed by atoms with Crippen LogP contribution in [-0.2, 0) is 9.63 Å². The van der Waals surface area contributed by atoms with Crippen molar-refractivity contribution in [1.82, 2.24) is 0 Å². The summed E-state index contributed by atoms with van der Waals surface area (Å²) in [6.45, 7) is 0. The van der Waals surface area contributed by atoms with Gasteiger partial charge >= 0.3 is 51.4 Å². The molecule has 0 saturated carbocycles. The van der Waals surface area contributed by atoms with Crippen molar-refractivity contribution in [2.45, 2.75) is 12.5 Å². The third-order valence-electron chi connectivity index (χ3n) is 0.896. The Morgan fingerprint density at radius 1 is 1.90 bits per heavy atom. The van der Waals surface area contributed by atoms with E-state index in [2.05, 4.69) is 25.9 Å². The van der Waals surface area contributed by atoms with E-state index in [4.69, 9.17) is 0 Å². The summed E-state index contributed by atoms with van der Waals surface area (Å²) in [6.07, 6.45) is -0.637. The first kappa shape index (κ1) is 11.1. The molecule has 0 radical (unpaired) electrons. The molecule has 0 fully saturated rings. The fourth-order valence-corrected chi connectivity index (χ4v) is 0.852. The molecule has 1 aliphatic rings. The Bertz CT molecular complexity index is 172. The molecule has 1 atom stereocenters. The van der Waals surface area contributed by atoms with Crippen LogP contribution < -0.4 is 56.5 Å². The normalized spacial score (nSPS) is 22.5. The monoisotopic (exact) mass is 231 g/mol. The zero-order valence-electron chi connectivity index (χ0n) is 5.33. The number of hydrogen-bond donors (Lipinski definition) is 0.